The van der Waals surface area contributed by atoms with E-state index in [1.165, 1.54) is 11.8 Å². The van der Waals surface area contributed by atoms with Crippen LogP contribution in [0.5, 0.6) is 0 Å². The number of carbonyl (C=O) groups is 2. The molecule has 1 rings (SSSR count). The van der Waals surface area contributed by atoms with Crippen molar-refractivity contribution in [1.29, 1.82) is 0 Å². The summed E-state index contributed by atoms with van der Waals surface area (Å²) in [6.07, 6.45) is 4.26. The van der Waals surface area contributed by atoms with Crippen molar-refractivity contribution in [3.8, 4) is 0 Å². The van der Waals surface area contributed by atoms with E-state index in [1.54, 1.807) is 6.92 Å². The fourth-order valence-electron chi connectivity index (χ4n) is 3.26. The second-order valence-electron chi connectivity index (χ2n) is 7.41. The Bertz CT molecular complexity index is 440. The fourth-order valence-corrected chi connectivity index (χ4v) is 4.79. The molecule has 4 atom stereocenters. The number of carboxylic acids is 1. The van der Waals surface area contributed by atoms with Crippen molar-refractivity contribution in [1.82, 2.24) is 0 Å². The van der Waals surface area contributed by atoms with E-state index in [0.29, 0.717) is 31.8 Å². The molecular weight excluding hydrogens is 356 g/mol. The van der Waals surface area contributed by atoms with Crippen molar-refractivity contribution >= 4 is 23.5 Å². The second kappa shape index (κ2) is 12.0. The number of ketones is 1. The van der Waals surface area contributed by atoms with Gasteiger partial charge in [-0.1, -0.05) is 19.3 Å². The van der Waals surface area contributed by atoms with Crippen LogP contribution >= 0.6 is 11.8 Å². The first-order chi connectivity index (χ1) is 12.3. The number of unbranched alkanes of at least 4 members (excludes halogenated alkanes) is 3. The molecule has 0 aromatic carbocycles. The highest BCUT2D eigenvalue weighted by atomic mass is 32.2. The number of hydrogen-bond acceptors (Lipinski definition) is 6. The molecule has 0 radical (unpaired) electrons. The third kappa shape index (κ3) is 8.84. The average Bonchev–Trinajstić information content (AvgIpc) is 2.82. The Hall–Kier alpha value is -0.630. The van der Waals surface area contributed by atoms with Crippen LogP contribution in [0.4, 0.5) is 0 Å². The molecule has 0 aromatic rings. The first-order valence-corrected chi connectivity index (χ1v) is 10.7. The maximum atomic E-state index is 12.2. The Morgan fingerprint density at radius 2 is 2.00 bits per heavy atom. The highest BCUT2D eigenvalue weighted by molar-refractivity contribution is 8.00. The molecule has 152 valence electrons. The van der Waals surface area contributed by atoms with Crippen molar-refractivity contribution in [2.24, 2.45) is 5.92 Å². The van der Waals surface area contributed by atoms with Gasteiger partial charge in [-0.25, -0.2) is 0 Å². The summed E-state index contributed by atoms with van der Waals surface area (Å²) in [5.41, 5.74) is -0.882. The number of Topliss-reactive ketones (excluding diaryl/α,β-unsaturated/α-hetero) is 1. The molecule has 0 bridgehead atoms. The van der Waals surface area contributed by atoms with Crippen LogP contribution in [-0.2, 0) is 14.3 Å². The maximum Gasteiger partial charge on any atom is 0.303 e. The number of carbonyl (C=O) groups excluding carboxylic acids is 1. The van der Waals surface area contributed by atoms with Crippen LogP contribution in [0.1, 0.15) is 65.2 Å². The number of carboxylic acid groups (broad SMARTS) is 1. The summed E-state index contributed by atoms with van der Waals surface area (Å²) in [6.45, 7) is 4.79. The van der Waals surface area contributed by atoms with Gasteiger partial charge in [-0.3, -0.25) is 9.59 Å². The summed E-state index contributed by atoms with van der Waals surface area (Å²) in [4.78, 5) is 22.7. The highest BCUT2D eigenvalue weighted by Crippen LogP contribution is 2.38. The van der Waals surface area contributed by atoms with E-state index in [0.717, 1.165) is 25.7 Å². The number of rotatable bonds is 14. The summed E-state index contributed by atoms with van der Waals surface area (Å²) in [5, 5.41) is 29.1. The van der Waals surface area contributed by atoms with E-state index >= 15 is 0 Å². The molecule has 1 aliphatic rings. The van der Waals surface area contributed by atoms with Gasteiger partial charge in [-0.2, -0.15) is 11.8 Å². The molecule has 0 saturated heterocycles. The van der Waals surface area contributed by atoms with Gasteiger partial charge in [0.05, 0.1) is 11.7 Å². The van der Waals surface area contributed by atoms with Gasteiger partial charge in [0.2, 0.25) is 0 Å². The molecule has 0 heterocycles. The van der Waals surface area contributed by atoms with Crippen LogP contribution in [0.25, 0.3) is 0 Å². The summed E-state index contributed by atoms with van der Waals surface area (Å²) in [7, 11) is 0. The third-order valence-electron chi connectivity index (χ3n) is 4.83. The molecule has 1 saturated carbocycles. The molecule has 3 N–H and O–H groups in total. The van der Waals surface area contributed by atoms with Gasteiger partial charge in [0.15, 0.2) is 0 Å². The quantitative estimate of drug-likeness (QED) is 0.392. The van der Waals surface area contributed by atoms with Crippen LogP contribution in [0, 0.1) is 5.92 Å². The summed E-state index contributed by atoms with van der Waals surface area (Å²) < 4.78 is 5.29. The SMILES string of the molecule is CCOCCC(C)(O)CS[C@H]1C(O)CC(=O)[C@@H]1CCCCCCC(=O)O. The molecule has 0 spiro atoms. The van der Waals surface area contributed by atoms with E-state index in [-0.39, 0.29) is 29.8 Å². The molecule has 2 unspecified atom stereocenters. The predicted molar refractivity (Wildman–Crippen MR) is 102 cm³/mol. The van der Waals surface area contributed by atoms with Gasteiger partial charge < -0.3 is 20.1 Å². The second-order valence-corrected chi connectivity index (χ2v) is 8.58. The van der Waals surface area contributed by atoms with Crippen molar-refractivity contribution in [2.75, 3.05) is 19.0 Å². The van der Waals surface area contributed by atoms with Gasteiger partial charge in [0, 0.05) is 49.4 Å². The van der Waals surface area contributed by atoms with Crippen LogP contribution in [0.2, 0.25) is 0 Å². The third-order valence-corrected chi connectivity index (χ3v) is 6.65. The van der Waals surface area contributed by atoms with Crippen molar-refractivity contribution < 1.29 is 29.6 Å². The van der Waals surface area contributed by atoms with Crippen molar-refractivity contribution in [2.45, 2.75) is 82.2 Å². The van der Waals surface area contributed by atoms with Crippen LogP contribution in [-0.4, -0.2) is 63.0 Å². The smallest absolute Gasteiger partial charge is 0.303 e. The monoisotopic (exact) mass is 390 g/mol. The topological polar surface area (TPSA) is 104 Å². The van der Waals surface area contributed by atoms with Gasteiger partial charge in [-0.05, 0) is 26.7 Å². The largest absolute Gasteiger partial charge is 0.481 e. The Morgan fingerprint density at radius 1 is 1.31 bits per heavy atom. The lowest BCUT2D eigenvalue weighted by Crippen LogP contribution is -2.33. The molecule has 0 aromatic heterocycles. The zero-order valence-electron chi connectivity index (χ0n) is 16.0. The van der Waals surface area contributed by atoms with Crippen LogP contribution < -0.4 is 0 Å². The van der Waals surface area contributed by atoms with E-state index < -0.39 is 17.7 Å². The zero-order valence-corrected chi connectivity index (χ0v) is 16.8. The maximum absolute atomic E-state index is 12.2. The summed E-state index contributed by atoms with van der Waals surface area (Å²) >= 11 is 1.49. The summed E-state index contributed by atoms with van der Waals surface area (Å²) in [5.74, 6) is -0.372. The Balaban J connectivity index is 2.39. The zero-order chi connectivity index (χ0) is 19.6. The molecule has 0 aliphatic heterocycles. The number of ether oxygens (including phenoxy) is 1. The number of thioether (sulfide) groups is 1. The predicted octanol–water partition coefficient (Wildman–Crippen LogP) is 2.64. The molecule has 0 amide bonds. The van der Waals surface area contributed by atoms with E-state index in [9.17, 15) is 19.8 Å². The van der Waals surface area contributed by atoms with E-state index in [2.05, 4.69) is 0 Å². The lowest BCUT2D eigenvalue weighted by molar-refractivity contribution is -0.137. The Labute approximate surface area is 160 Å². The minimum Gasteiger partial charge on any atom is -0.481 e. The van der Waals surface area contributed by atoms with Gasteiger partial charge in [0.1, 0.15) is 5.78 Å². The van der Waals surface area contributed by atoms with Gasteiger partial charge in [0.25, 0.3) is 0 Å². The highest BCUT2D eigenvalue weighted by Gasteiger charge is 2.42. The standard InChI is InChI=1S/C19H34O6S/c1-3-25-11-10-19(2,24)13-26-18-14(15(20)12-16(18)21)8-6-4-5-7-9-17(22)23/h14,16,18,21,24H,3-13H2,1-2H3,(H,22,23)/t14-,16?,18+,19?/m0/s1. The Kier molecular flexibility index (Phi) is 10.8. The normalized spacial score (nSPS) is 25.4. The number of aliphatic hydroxyl groups excluding tert-OH is 1. The molecule has 1 fully saturated rings. The van der Waals surface area contributed by atoms with E-state index in [4.69, 9.17) is 9.84 Å². The van der Waals surface area contributed by atoms with Crippen LogP contribution in [0.3, 0.4) is 0 Å². The molecule has 6 nitrogen and oxygen atoms in total. The fraction of sp³-hybridized carbons (Fsp3) is 0.895. The molecule has 1 aliphatic carbocycles. The van der Waals surface area contributed by atoms with Crippen molar-refractivity contribution in [3.05, 3.63) is 0 Å². The van der Waals surface area contributed by atoms with Gasteiger partial charge in [-0.15, -0.1) is 0 Å². The minimum atomic E-state index is -0.882. The number of aliphatic carboxylic acids is 1. The molecule has 7 heteroatoms. The first-order valence-electron chi connectivity index (χ1n) is 9.61. The van der Waals surface area contributed by atoms with Gasteiger partial charge >= 0.3 is 5.97 Å². The number of aliphatic hydroxyl groups is 2. The molecule has 26 heavy (non-hydrogen) atoms. The average molecular weight is 391 g/mol. The molecular formula is C19H34O6S. The van der Waals surface area contributed by atoms with Crippen molar-refractivity contribution in [3.63, 3.8) is 0 Å². The Morgan fingerprint density at radius 3 is 2.65 bits per heavy atom. The minimum absolute atomic E-state index is 0.106. The van der Waals surface area contributed by atoms with Crippen LogP contribution in [0.15, 0.2) is 0 Å². The lowest BCUT2D eigenvalue weighted by Gasteiger charge is -2.27. The lowest BCUT2D eigenvalue weighted by atomic mass is 9.98. The van der Waals surface area contributed by atoms with E-state index in [1.807, 2.05) is 6.92 Å². The summed E-state index contributed by atoms with van der Waals surface area (Å²) in [6, 6.07) is 0. The number of hydrogen-bond donors (Lipinski definition) is 3. The first kappa shape index (κ1) is 23.4.